The van der Waals surface area contributed by atoms with Gasteiger partial charge < -0.3 is 5.32 Å². The number of pyridine rings is 1. The Morgan fingerprint density at radius 3 is 2.62 bits per heavy atom. The zero-order chi connectivity index (χ0) is 18.4. The topological polar surface area (TPSA) is 91.3 Å². The maximum Gasteiger partial charge on any atom is 0.267 e. The average molecular weight is 347 g/mol. The molecular formula is C20H17N3O3. The largest absolute Gasteiger partial charge is 0.324 e. The van der Waals surface area contributed by atoms with Crippen LogP contribution in [0.25, 0.3) is 16.8 Å². The maximum absolute atomic E-state index is 12.3. The number of rotatable bonds is 5. The molecule has 6 heteroatoms. The van der Waals surface area contributed by atoms with E-state index in [4.69, 9.17) is 5.21 Å². The first-order chi connectivity index (χ1) is 12.7. The van der Waals surface area contributed by atoms with Crippen LogP contribution in [-0.2, 0) is 16.0 Å². The molecule has 130 valence electrons. The number of nitrogens with one attached hydrogen (secondary N) is 2. The summed E-state index contributed by atoms with van der Waals surface area (Å²) in [4.78, 5) is 27.4. The monoisotopic (exact) mass is 347 g/mol. The molecule has 0 radical (unpaired) electrons. The molecule has 0 saturated carbocycles. The molecule has 2 aromatic carbocycles. The molecule has 0 unspecified atom stereocenters. The van der Waals surface area contributed by atoms with Crippen LogP contribution in [0.15, 0.2) is 66.9 Å². The van der Waals surface area contributed by atoms with Gasteiger partial charge in [-0.3, -0.25) is 19.8 Å². The van der Waals surface area contributed by atoms with Crippen molar-refractivity contribution in [2.45, 2.75) is 6.42 Å². The molecule has 0 bridgehead atoms. The highest BCUT2D eigenvalue weighted by Gasteiger charge is 2.07. The molecule has 3 N–H and O–H groups in total. The van der Waals surface area contributed by atoms with Gasteiger partial charge in [-0.2, -0.15) is 0 Å². The summed E-state index contributed by atoms with van der Waals surface area (Å²) >= 11 is 0. The second kappa shape index (κ2) is 8.04. The van der Waals surface area contributed by atoms with Crippen LogP contribution in [0, 0.1) is 0 Å². The van der Waals surface area contributed by atoms with Crippen LogP contribution in [-0.4, -0.2) is 22.0 Å². The number of hydroxylamine groups is 1. The number of aromatic nitrogens is 1. The SMILES string of the molecule is O=C(C=Cc1ccc(NC(=O)Cc2cccc3ccccc23)cn1)NO. The second-order valence-corrected chi connectivity index (χ2v) is 5.64. The van der Waals surface area contributed by atoms with Gasteiger partial charge in [0.25, 0.3) is 5.91 Å². The highest BCUT2D eigenvalue weighted by atomic mass is 16.5. The van der Waals surface area contributed by atoms with E-state index >= 15 is 0 Å². The summed E-state index contributed by atoms with van der Waals surface area (Å²) in [6.07, 6.45) is 4.38. The van der Waals surface area contributed by atoms with E-state index in [1.807, 2.05) is 42.5 Å². The number of hydrogen-bond acceptors (Lipinski definition) is 4. The minimum atomic E-state index is -0.640. The lowest BCUT2D eigenvalue weighted by atomic mass is 10.0. The molecule has 0 aliphatic heterocycles. The standard InChI is InChI=1S/C20H17N3O3/c24-19(23-26)11-10-16-8-9-17(13-21-16)22-20(25)12-15-6-3-5-14-4-1-2-7-18(14)15/h1-11,13,26H,12H2,(H,22,25)(H,23,24). The predicted molar refractivity (Wildman–Crippen MR) is 99.5 cm³/mol. The Morgan fingerprint density at radius 1 is 1.04 bits per heavy atom. The van der Waals surface area contributed by atoms with E-state index in [0.717, 1.165) is 22.4 Å². The lowest BCUT2D eigenvalue weighted by Gasteiger charge is -2.08. The molecule has 0 atom stereocenters. The molecule has 1 heterocycles. The summed E-state index contributed by atoms with van der Waals surface area (Å²) in [6, 6.07) is 17.2. The molecule has 3 rings (SSSR count). The van der Waals surface area contributed by atoms with Crippen LogP contribution in [0.4, 0.5) is 5.69 Å². The smallest absolute Gasteiger partial charge is 0.267 e. The minimum absolute atomic E-state index is 0.133. The molecule has 26 heavy (non-hydrogen) atoms. The van der Waals surface area contributed by atoms with E-state index in [0.29, 0.717) is 11.4 Å². The third-order valence-corrected chi connectivity index (χ3v) is 3.82. The Morgan fingerprint density at radius 2 is 1.85 bits per heavy atom. The molecule has 1 aromatic heterocycles. The van der Waals surface area contributed by atoms with Gasteiger partial charge in [-0.1, -0.05) is 42.5 Å². The van der Waals surface area contributed by atoms with Gasteiger partial charge in [0, 0.05) is 6.08 Å². The van der Waals surface area contributed by atoms with Gasteiger partial charge in [0.15, 0.2) is 0 Å². The van der Waals surface area contributed by atoms with E-state index in [9.17, 15) is 9.59 Å². The Kier molecular flexibility index (Phi) is 5.36. The van der Waals surface area contributed by atoms with Crippen LogP contribution in [0.5, 0.6) is 0 Å². The summed E-state index contributed by atoms with van der Waals surface area (Å²) in [5.74, 6) is -0.773. The van der Waals surface area contributed by atoms with Crippen LogP contribution >= 0.6 is 0 Å². The second-order valence-electron chi connectivity index (χ2n) is 5.64. The number of benzene rings is 2. The van der Waals surface area contributed by atoms with E-state index in [1.54, 1.807) is 12.1 Å². The first-order valence-electron chi connectivity index (χ1n) is 8.00. The summed E-state index contributed by atoms with van der Waals surface area (Å²) in [6.45, 7) is 0. The van der Waals surface area contributed by atoms with E-state index in [1.165, 1.54) is 17.8 Å². The summed E-state index contributed by atoms with van der Waals surface area (Å²) < 4.78 is 0. The van der Waals surface area contributed by atoms with Gasteiger partial charge in [0.1, 0.15) is 0 Å². The molecule has 6 nitrogen and oxygen atoms in total. The van der Waals surface area contributed by atoms with Gasteiger partial charge in [-0.15, -0.1) is 0 Å². The van der Waals surface area contributed by atoms with Crippen molar-refractivity contribution in [2.75, 3.05) is 5.32 Å². The van der Waals surface area contributed by atoms with Crippen molar-refractivity contribution >= 4 is 34.4 Å². The van der Waals surface area contributed by atoms with Crippen molar-refractivity contribution in [3.63, 3.8) is 0 Å². The van der Waals surface area contributed by atoms with Crippen molar-refractivity contribution in [3.05, 3.63) is 78.1 Å². The van der Waals surface area contributed by atoms with Gasteiger partial charge in [0.2, 0.25) is 5.91 Å². The van der Waals surface area contributed by atoms with Crippen molar-refractivity contribution in [2.24, 2.45) is 0 Å². The Balaban J connectivity index is 1.66. The number of hydrogen-bond donors (Lipinski definition) is 3. The zero-order valence-electron chi connectivity index (χ0n) is 13.8. The Labute approximate surface area is 150 Å². The van der Waals surface area contributed by atoms with E-state index < -0.39 is 5.91 Å². The first kappa shape index (κ1) is 17.3. The predicted octanol–water partition coefficient (Wildman–Crippen LogP) is 2.93. The Hall–Kier alpha value is -3.51. The van der Waals surface area contributed by atoms with Crippen LogP contribution in [0.1, 0.15) is 11.3 Å². The Bertz CT molecular complexity index is 960. The minimum Gasteiger partial charge on any atom is -0.324 e. The quantitative estimate of drug-likeness (QED) is 0.376. The molecule has 0 fully saturated rings. The van der Waals surface area contributed by atoms with Gasteiger partial charge >= 0.3 is 0 Å². The lowest BCUT2D eigenvalue weighted by Crippen LogP contribution is -2.15. The molecule has 3 aromatic rings. The number of anilines is 1. The highest BCUT2D eigenvalue weighted by molar-refractivity contribution is 5.96. The fourth-order valence-corrected chi connectivity index (χ4v) is 2.60. The summed E-state index contributed by atoms with van der Waals surface area (Å²) in [5.41, 5.74) is 3.56. The van der Waals surface area contributed by atoms with Crippen LogP contribution < -0.4 is 10.8 Å². The first-order valence-corrected chi connectivity index (χ1v) is 8.00. The zero-order valence-corrected chi connectivity index (χ0v) is 13.8. The summed E-state index contributed by atoms with van der Waals surface area (Å²) in [7, 11) is 0. The molecule has 0 spiro atoms. The number of nitrogens with zero attached hydrogens (tertiary/aromatic N) is 1. The third kappa shape index (κ3) is 4.31. The number of carbonyl (C=O) groups excluding carboxylic acids is 2. The van der Waals surface area contributed by atoms with Crippen molar-refractivity contribution in [1.29, 1.82) is 0 Å². The number of fused-ring (bicyclic) bond motifs is 1. The van der Waals surface area contributed by atoms with Crippen molar-refractivity contribution < 1.29 is 14.8 Å². The molecule has 0 aliphatic rings. The van der Waals surface area contributed by atoms with Gasteiger partial charge in [0.05, 0.1) is 24.0 Å². The summed E-state index contributed by atoms with van der Waals surface area (Å²) in [5, 5.41) is 13.4. The van der Waals surface area contributed by atoms with Crippen LogP contribution in [0.3, 0.4) is 0 Å². The molecular weight excluding hydrogens is 330 g/mol. The van der Waals surface area contributed by atoms with E-state index in [-0.39, 0.29) is 12.3 Å². The third-order valence-electron chi connectivity index (χ3n) is 3.82. The average Bonchev–Trinajstić information content (AvgIpc) is 2.67. The van der Waals surface area contributed by atoms with Gasteiger partial charge in [-0.05, 0) is 34.5 Å². The van der Waals surface area contributed by atoms with Crippen molar-refractivity contribution in [3.8, 4) is 0 Å². The highest BCUT2D eigenvalue weighted by Crippen LogP contribution is 2.19. The number of amides is 2. The normalized spacial score (nSPS) is 10.8. The molecule has 0 saturated heterocycles. The molecule has 2 amide bonds. The van der Waals surface area contributed by atoms with Crippen molar-refractivity contribution in [1.82, 2.24) is 10.5 Å². The van der Waals surface area contributed by atoms with Crippen LogP contribution in [0.2, 0.25) is 0 Å². The van der Waals surface area contributed by atoms with E-state index in [2.05, 4.69) is 10.3 Å². The number of carbonyl (C=O) groups is 2. The fraction of sp³-hybridized carbons (Fsp3) is 0.0500. The fourth-order valence-electron chi connectivity index (χ4n) is 2.60. The van der Waals surface area contributed by atoms with Gasteiger partial charge in [-0.25, -0.2) is 5.48 Å². The molecule has 0 aliphatic carbocycles. The lowest BCUT2D eigenvalue weighted by molar-refractivity contribution is -0.124. The maximum atomic E-state index is 12.3.